The number of para-hydroxylation sites is 2. The summed E-state index contributed by atoms with van der Waals surface area (Å²) in [5.74, 6) is 0. The third-order valence-corrected chi connectivity index (χ3v) is 12.7. The lowest BCUT2D eigenvalue weighted by atomic mass is 9.70. The first-order chi connectivity index (χ1) is 27.7. The van der Waals surface area contributed by atoms with Crippen LogP contribution in [0.1, 0.15) is 22.3 Å². The fourth-order valence-corrected chi connectivity index (χ4v) is 10.4. The van der Waals surface area contributed by atoms with E-state index in [0.717, 1.165) is 27.2 Å². The van der Waals surface area contributed by atoms with E-state index in [2.05, 4.69) is 226 Å². The highest BCUT2D eigenvalue weighted by molar-refractivity contribution is 9.10. The fraction of sp³-hybridized carbons (Fsp3) is 0.0189. The lowest BCUT2D eigenvalue weighted by Gasteiger charge is -2.32. The Labute approximate surface area is 333 Å². The molecule has 0 radical (unpaired) electrons. The van der Waals surface area contributed by atoms with E-state index in [4.69, 9.17) is 0 Å². The van der Waals surface area contributed by atoms with Gasteiger partial charge in [0.25, 0.3) is 0 Å². The predicted molar refractivity (Wildman–Crippen MR) is 237 cm³/mol. The maximum Gasteiger partial charge on any atom is 0.0726 e. The number of hydrogen-bond donors (Lipinski definition) is 0. The van der Waals surface area contributed by atoms with Crippen LogP contribution in [0.15, 0.2) is 205 Å². The van der Waals surface area contributed by atoms with Gasteiger partial charge in [-0.05, 0) is 111 Å². The average Bonchev–Trinajstić information content (AvgIpc) is 3.85. The molecule has 12 rings (SSSR count). The van der Waals surface area contributed by atoms with Gasteiger partial charge in [-0.25, -0.2) is 0 Å². The lowest BCUT2D eigenvalue weighted by Crippen LogP contribution is -2.26. The maximum absolute atomic E-state index is 3.89. The Morgan fingerprint density at radius 1 is 0.393 bits per heavy atom. The molecule has 2 nitrogen and oxygen atoms in total. The van der Waals surface area contributed by atoms with Crippen molar-refractivity contribution in [3.63, 3.8) is 0 Å². The Hall–Kier alpha value is -6.68. The van der Waals surface area contributed by atoms with E-state index in [9.17, 15) is 0 Å². The Bertz CT molecular complexity index is 3210. The number of fused-ring (bicyclic) bond motifs is 14. The van der Waals surface area contributed by atoms with Gasteiger partial charge in [0.1, 0.15) is 0 Å². The Morgan fingerprint density at radius 3 is 1.77 bits per heavy atom. The molecule has 0 bridgehead atoms. The van der Waals surface area contributed by atoms with E-state index >= 15 is 0 Å². The molecule has 56 heavy (non-hydrogen) atoms. The van der Waals surface area contributed by atoms with Crippen LogP contribution in [0.2, 0.25) is 0 Å². The summed E-state index contributed by atoms with van der Waals surface area (Å²) < 4.78 is 3.50. The van der Waals surface area contributed by atoms with Gasteiger partial charge in [-0.3, -0.25) is 0 Å². The molecule has 262 valence electrons. The summed E-state index contributed by atoms with van der Waals surface area (Å²) in [7, 11) is 0. The molecule has 0 N–H and O–H groups in total. The third kappa shape index (κ3) is 4.26. The summed E-state index contributed by atoms with van der Waals surface area (Å²) in [6, 6.07) is 74.0. The van der Waals surface area contributed by atoms with E-state index in [0.29, 0.717) is 0 Å². The first kappa shape index (κ1) is 31.6. The highest BCUT2D eigenvalue weighted by Crippen LogP contribution is 2.63. The molecular weight excluding hydrogens is 745 g/mol. The zero-order valence-electron chi connectivity index (χ0n) is 30.3. The van der Waals surface area contributed by atoms with Gasteiger partial charge in [0.05, 0.1) is 22.1 Å². The van der Waals surface area contributed by atoms with Gasteiger partial charge >= 0.3 is 0 Å². The quantitative estimate of drug-likeness (QED) is 0.173. The van der Waals surface area contributed by atoms with Crippen LogP contribution in [0.5, 0.6) is 0 Å². The van der Waals surface area contributed by atoms with Gasteiger partial charge in [-0.15, -0.1) is 0 Å². The van der Waals surface area contributed by atoms with Crippen molar-refractivity contribution in [2.75, 3.05) is 4.90 Å². The minimum atomic E-state index is -0.467. The van der Waals surface area contributed by atoms with Crippen molar-refractivity contribution >= 4 is 65.6 Å². The smallest absolute Gasteiger partial charge is 0.0726 e. The van der Waals surface area contributed by atoms with Crippen molar-refractivity contribution in [1.29, 1.82) is 0 Å². The largest absolute Gasteiger partial charge is 0.310 e. The molecule has 1 aromatic heterocycles. The summed E-state index contributed by atoms with van der Waals surface area (Å²) in [5, 5.41) is 4.90. The zero-order chi connectivity index (χ0) is 37.0. The highest BCUT2D eigenvalue weighted by atomic mass is 79.9. The van der Waals surface area contributed by atoms with E-state index in [1.165, 1.54) is 77.1 Å². The van der Waals surface area contributed by atoms with Crippen molar-refractivity contribution < 1.29 is 0 Å². The van der Waals surface area contributed by atoms with E-state index < -0.39 is 5.41 Å². The van der Waals surface area contributed by atoms with Crippen LogP contribution in [-0.2, 0) is 5.41 Å². The van der Waals surface area contributed by atoms with Crippen LogP contribution < -0.4 is 4.90 Å². The average molecular weight is 778 g/mol. The molecule has 10 aromatic rings. The molecule has 2 aliphatic carbocycles. The molecule has 1 unspecified atom stereocenters. The van der Waals surface area contributed by atoms with E-state index in [-0.39, 0.29) is 0 Å². The number of nitrogens with zero attached hydrogens (tertiary/aromatic N) is 2. The van der Waals surface area contributed by atoms with Crippen LogP contribution in [0.25, 0.3) is 60.5 Å². The highest BCUT2D eigenvalue weighted by Gasteiger charge is 2.51. The predicted octanol–water partition coefficient (Wildman–Crippen LogP) is 14.5. The Kier molecular flexibility index (Phi) is 6.73. The molecule has 3 heteroatoms. The molecule has 0 fully saturated rings. The van der Waals surface area contributed by atoms with Crippen LogP contribution in [0.4, 0.5) is 17.1 Å². The SMILES string of the molecule is Brc1ccc2c(c1)C1(c3ccccc3-2)c2ccccc2-c2ccc(N(c3ccc4c5ccccc5n(-c5ccccc5)c4c3)c3cccc4ccccc34)cc21. The summed E-state index contributed by atoms with van der Waals surface area (Å²) in [5.41, 5.74) is 16.9. The molecular formula is C53H33BrN2. The minimum absolute atomic E-state index is 0.467. The minimum Gasteiger partial charge on any atom is -0.310 e. The molecule has 1 spiro atoms. The second-order valence-electron chi connectivity index (χ2n) is 15.0. The van der Waals surface area contributed by atoms with Crippen LogP contribution >= 0.6 is 15.9 Å². The summed E-state index contributed by atoms with van der Waals surface area (Å²) in [6.07, 6.45) is 0. The number of rotatable bonds is 4. The van der Waals surface area contributed by atoms with Crippen molar-refractivity contribution in [2.45, 2.75) is 5.41 Å². The lowest BCUT2D eigenvalue weighted by molar-refractivity contribution is 0.793. The topological polar surface area (TPSA) is 8.17 Å². The molecule has 0 aliphatic heterocycles. The first-order valence-electron chi connectivity index (χ1n) is 19.2. The number of benzene rings is 9. The maximum atomic E-state index is 3.89. The molecule has 1 heterocycles. The van der Waals surface area contributed by atoms with Crippen LogP contribution in [0, 0.1) is 0 Å². The summed E-state index contributed by atoms with van der Waals surface area (Å²) in [4.78, 5) is 2.48. The molecule has 9 aromatic carbocycles. The summed E-state index contributed by atoms with van der Waals surface area (Å²) >= 11 is 3.89. The summed E-state index contributed by atoms with van der Waals surface area (Å²) in [6.45, 7) is 0. The van der Waals surface area contributed by atoms with Crippen molar-refractivity contribution in [2.24, 2.45) is 0 Å². The van der Waals surface area contributed by atoms with Crippen LogP contribution in [-0.4, -0.2) is 4.57 Å². The number of hydrogen-bond acceptors (Lipinski definition) is 1. The Balaban J connectivity index is 1.17. The van der Waals surface area contributed by atoms with Gasteiger partial charge in [0, 0.05) is 37.7 Å². The second-order valence-corrected chi connectivity index (χ2v) is 15.9. The first-order valence-corrected chi connectivity index (χ1v) is 20.0. The molecule has 2 aliphatic rings. The van der Waals surface area contributed by atoms with Gasteiger partial charge in [0.15, 0.2) is 0 Å². The molecule has 0 saturated heterocycles. The van der Waals surface area contributed by atoms with Crippen LogP contribution in [0.3, 0.4) is 0 Å². The van der Waals surface area contributed by atoms with Gasteiger partial charge in [-0.1, -0.05) is 155 Å². The fourth-order valence-electron chi connectivity index (χ4n) is 10.0. The van der Waals surface area contributed by atoms with E-state index in [1.54, 1.807) is 0 Å². The standard InChI is InChI=1S/C53H33BrN2/c54-35-25-28-42-40-18-6-9-21-46(40)53(48(42)31-35)47-22-10-7-19-41(47)43-29-26-37(32-49(43)53)55(50-24-12-14-34-13-4-5-17-39(34)50)38-27-30-45-44-20-8-11-23-51(44)56(52(45)33-38)36-15-2-1-3-16-36/h1-33H. The molecule has 1 atom stereocenters. The normalized spacial score (nSPS) is 14.9. The van der Waals surface area contributed by atoms with Gasteiger partial charge in [0.2, 0.25) is 0 Å². The monoisotopic (exact) mass is 776 g/mol. The van der Waals surface area contributed by atoms with Crippen molar-refractivity contribution in [3.05, 3.63) is 227 Å². The second kappa shape index (κ2) is 11.9. The van der Waals surface area contributed by atoms with Gasteiger partial charge in [-0.2, -0.15) is 0 Å². The van der Waals surface area contributed by atoms with E-state index in [1.807, 2.05) is 0 Å². The molecule has 0 amide bonds. The zero-order valence-corrected chi connectivity index (χ0v) is 31.9. The third-order valence-electron chi connectivity index (χ3n) is 12.2. The number of aromatic nitrogens is 1. The Morgan fingerprint density at radius 2 is 0.964 bits per heavy atom. The number of anilines is 3. The molecule has 0 saturated carbocycles. The number of halogens is 1. The van der Waals surface area contributed by atoms with Gasteiger partial charge < -0.3 is 9.47 Å². The van der Waals surface area contributed by atoms with Crippen molar-refractivity contribution in [1.82, 2.24) is 4.57 Å². The van der Waals surface area contributed by atoms with Crippen molar-refractivity contribution in [3.8, 4) is 27.9 Å².